The number of carbonyl (C=O) groups excluding carboxylic acids is 3. The Morgan fingerprint density at radius 1 is 1.29 bits per heavy atom. The normalized spacial score (nSPS) is 29.0. The van der Waals surface area contributed by atoms with E-state index in [-0.39, 0.29) is 37.5 Å². The first-order valence-electron chi connectivity index (χ1n) is 13.7. The van der Waals surface area contributed by atoms with E-state index in [0.29, 0.717) is 32.2 Å². The molecule has 2 bridgehead atoms. The fraction of sp³-hybridized carbons (Fsp3) is 0.567. The largest absolute Gasteiger partial charge is 0.465 e. The number of benzene rings is 1. The van der Waals surface area contributed by atoms with Crippen LogP contribution in [0, 0.1) is 17.8 Å². The van der Waals surface area contributed by atoms with E-state index in [1.165, 1.54) is 0 Å². The summed E-state index contributed by atoms with van der Waals surface area (Å²) < 4.78 is 12.0. The second-order valence-corrected chi connectivity index (χ2v) is 10.7. The SMILES string of the molecule is C=CCCOC(=O)[C@@H]1[C@@H]2CCC3(O2)C(C(=O)N(CC=C)Cc2ccccc2)N([C@@H](CO)[C@@H](C)CC)C(=O)[C@H]13. The summed E-state index contributed by atoms with van der Waals surface area (Å²) in [5, 5.41) is 10.5. The maximum absolute atomic E-state index is 14.4. The number of aliphatic hydroxyl groups is 1. The number of hydrogen-bond donors (Lipinski definition) is 1. The molecule has 7 atom stereocenters. The van der Waals surface area contributed by atoms with Gasteiger partial charge in [0.25, 0.3) is 0 Å². The Labute approximate surface area is 225 Å². The summed E-state index contributed by atoms with van der Waals surface area (Å²) in [5.74, 6) is -2.71. The molecule has 8 nitrogen and oxygen atoms in total. The fourth-order valence-electron chi connectivity index (χ4n) is 6.51. The van der Waals surface area contributed by atoms with Gasteiger partial charge in [-0.05, 0) is 30.7 Å². The number of aliphatic hydroxyl groups excluding tert-OH is 1. The highest BCUT2D eigenvalue weighted by Crippen LogP contribution is 2.59. The minimum Gasteiger partial charge on any atom is -0.465 e. The zero-order valence-electron chi connectivity index (χ0n) is 22.5. The Bertz CT molecular complexity index is 1040. The monoisotopic (exact) mass is 524 g/mol. The average Bonchev–Trinajstić information content (AvgIpc) is 3.57. The molecule has 2 amide bonds. The minimum atomic E-state index is -1.14. The highest BCUT2D eigenvalue weighted by Gasteiger charge is 2.75. The molecule has 0 aromatic heterocycles. The lowest BCUT2D eigenvalue weighted by atomic mass is 9.70. The number of esters is 1. The summed E-state index contributed by atoms with van der Waals surface area (Å²) in [6.45, 7) is 12.0. The lowest BCUT2D eigenvalue weighted by molar-refractivity contribution is -0.157. The van der Waals surface area contributed by atoms with Crippen LogP contribution in [0.15, 0.2) is 55.6 Å². The molecular formula is C30H40N2O6. The smallest absolute Gasteiger partial charge is 0.312 e. The average molecular weight is 525 g/mol. The van der Waals surface area contributed by atoms with Gasteiger partial charge in [0, 0.05) is 13.1 Å². The third-order valence-electron chi connectivity index (χ3n) is 8.53. The molecule has 0 aliphatic carbocycles. The first kappa shape index (κ1) is 28.0. The maximum Gasteiger partial charge on any atom is 0.312 e. The molecular weight excluding hydrogens is 484 g/mol. The van der Waals surface area contributed by atoms with Crippen molar-refractivity contribution in [3.63, 3.8) is 0 Å². The highest BCUT2D eigenvalue weighted by molar-refractivity contribution is 5.98. The standard InChI is InChI=1S/C30H40N2O6/c1-5-8-17-37-29(36)24-23-14-15-30(38-23)25(24)27(34)32(22(19-33)20(4)7-3)26(30)28(35)31(16-6-2)18-21-12-10-9-11-13-21/h5-6,9-13,20,22-26,33H,1-2,7-8,14-19H2,3-4H3/t20-,22-,23-,24+,25-,26?,30?/m0/s1. The molecule has 3 fully saturated rings. The number of fused-ring (bicyclic) bond motifs is 1. The molecule has 8 heteroatoms. The van der Waals surface area contributed by atoms with Crippen molar-refractivity contribution in [1.29, 1.82) is 0 Å². The van der Waals surface area contributed by atoms with Crippen LogP contribution in [0.1, 0.15) is 45.1 Å². The molecule has 1 N–H and O–H groups in total. The van der Waals surface area contributed by atoms with Crippen molar-refractivity contribution >= 4 is 17.8 Å². The number of amides is 2. The van der Waals surface area contributed by atoms with Crippen LogP contribution in [0.5, 0.6) is 0 Å². The molecule has 1 aromatic rings. The van der Waals surface area contributed by atoms with E-state index in [9.17, 15) is 19.5 Å². The van der Waals surface area contributed by atoms with Crippen molar-refractivity contribution in [1.82, 2.24) is 9.80 Å². The van der Waals surface area contributed by atoms with Crippen LogP contribution in [-0.4, -0.2) is 76.2 Å². The van der Waals surface area contributed by atoms with E-state index in [0.717, 1.165) is 5.56 Å². The van der Waals surface area contributed by atoms with Gasteiger partial charge in [-0.2, -0.15) is 0 Å². The Hall–Kier alpha value is -2.97. The van der Waals surface area contributed by atoms with E-state index in [1.54, 1.807) is 22.0 Å². The molecule has 3 aliphatic heterocycles. The predicted octanol–water partition coefficient (Wildman–Crippen LogP) is 3.10. The van der Waals surface area contributed by atoms with Crippen molar-refractivity contribution in [2.75, 3.05) is 19.8 Å². The van der Waals surface area contributed by atoms with E-state index >= 15 is 0 Å². The Balaban J connectivity index is 1.75. The van der Waals surface area contributed by atoms with E-state index < -0.39 is 41.6 Å². The number of ether oxygens (including phenoxy) is 2. The van der Waals surface area contributed by atoms with Crippen LogP contribution in [0.4, 0.5) is 0 Å². The third kappa shape index (κ3) is 4.80. The lowest BCUT2D eigenvalue weighted by Gasteiger charge is -2.41. The van der Waals surface area contributed by atoms with Gasteiger partial charge < -0.3 is 24.4 Å². The van der Waals surface area contributed by atoms with Gasteiger partial charge in [0.05, 0.1) is 37.2 Å². The van der Waals surface area contributed by atoms with E-state index in [2.05, 4.69) is 13.2 Å². The van der Waals surface area contributed by atoms with E-state index in [1.807, 2.05) is 44.2 Å². The Kier molecular flexibility index (Phi) is 8.73. The highest BCUT2D eigenvalue weighted by atomic mass is 16.6. The quantitative estimate of drug-likeness (QED) is 0.242. The number of nitrogens with zero attached hydrogens (tertiary/aromatic N) is 2. The summed E-state index contributed by atoms with van der Waals surface area (Å²) >= 11 is 0. The van der Waals surface area contributed by atoms with Gasteiger partial charge in [-0.3, -0.25) is 14.4 Å². The van der Waals surface area contributed by atoms with Crippen molar-refractivity contribution in [2.24, 2.45) is 17.8 Å². The first-order chi connectivity index (χ1) is 18.3. The van der Waals surface area contributed by atoms with Crippen molar-refractivity contribution < 1.29 is 29.0 Å². The van der Waals surface area contributed by atoms with Gasteiger partial charge in [-0.1, -0.05) is 62.8 Å². The molecule has 0 saturated carbocycles. The van der Waals surface area contributed by atoms with Crippen molar-refractivity contribution in [3.05, 3.63) is 61.2 Å². The topological polar surface area (TPSA) is 96.4 Å². The summed E-state index contributed by atoms with van der Waals surface area (Å²) in [5.41, 5.74) is -0.189. The van der Waals surface area contributed by atoms with Gasteiger partial charge in [0.2, 0.25) is 11.8 Å². The zero-order chi connectivity index (χ0) is 27.4. The molecule has 2 unspecified atom stereocenters. The molecule has 206 valence electrons. The summed E-state index contributed by atoms with van der Waals surface area (Å²) in [7, 11) is 0. The first-order valence-corrected chi connectivity index (χ1v) is 13.7. The molecule has 3 saturated heterocycles. The third-order valence-corrected chi connectivity index (χ3v) is 8.53. The molecule has 0 radical (unpaired) electrons. The van der Waals surface area contributed by atoms with Crippen molar-refractivity contribution in [3.8, 4) is 0 Å². The van der Waals surface area contributed by atoms with Crippen LogP contribution < -0.4 is 0 Å². The number of hydrogen-bond acceptors (Lipinski definition) is 6. The zero-order valence-corrected chi connectivity index (χ0v) is 22.5. The molecule has 4 rings (SSSR count). The van der Waals surface area contributed by atoms with Crippen LogP contribution >= 0.6 is 0 Å². The molecule has 3 aliphatic rings. The Morgan fingerprint density at radius 3 is 2.66 bits per heavy atom. The molecule has 1 aromatic carbocycles. The summed E-state index contributed by atoms with van der Waals surface area (Å²) in [4.78, 5) is 45.1. The predicted molar refractivity (Wildman–Crippen MR) is 143 cm³/mol. The molecule has 1 spiro atoms. The fourth-order valence-corrected chi connectivity index (χ4v) is 6.51. The second-order valence-electron chi connectivity index (χ2n) is 10.7. The van der Waals surface area contributed by atoms with Crippen LogP contribution in [0.3, 0.4) is 0 Å². The molecule has 38 heavy (non-hydrogen) atoms. The number of rotatable bonds is 13. The van der Waals surface area contributed by atoms with Crippen molar-refractivity contribution in [2.45, 2.75) is 69.9 Å². The van der Waals surface area contributed by atoms with Crippen LogP contribution in [-0.2, 0) is 30.4 Å². The second kappa shape index (κ2) is 11.8. The number of carbonyl (C=O) groups is 3. The summed E-state index contributed by atoms with van der Waals surface area (Å²) in [6.07, 6.45) is 5.14. The van der Waals surface area contributed by atoms with Gasteiger partial charge in [0.15, 0.2) is 0 Å². The lowest BCUT2D eigenvalue weighted by Crippen LogP contribution is -2.59. The molecule has 3 heterocycles. The Morgan fingerprint density at radius 2 is 2.03 bits per heavy atom. The van der Waals surface area contributed by atoms with Crippen LogP contribution in [0.25, 0.3) is 0 Å². The van der Waals surface area contributed by atoms with E-state index in [4.69, 9.17) is 9.47 Å². The summed E-state index contributed by atoms with van der Waals surface area (Å²) in [6, 6.07) is 8.12. The van der Waals surface area contributed by atoms with Crippen LogP contribution in [0.2, 0.25) is 0 Å². The van der Waals surface area contributed by atoms with Gasteiger partial charge >= 0.3 is 5.97 Å². The number of likely N-dealkylation sites (tertiary alicyclic amines) is 1. The maximum atomic E-state index is 14.4. The van der Waals surface area contributed by atoms with Gasteiger partial charge in [-0.15, -0.1) is 13.2 Å². The van der Waals surface area contributed by atoms with Gasteiger partial charge in [-0.25, -0.2) is 0 Å². The minimum absolute atomic E-state index is 0.0633. The van der Waals surface area contributed by atoms with Gasteiger partial charge in [0.1, 0.15) is 11.6 Å².